The second kappa shape index (κ2) is 5.80. The Hall–Kier alpha value is -2.03. The van der Waals surface area contributed by atoms with Gasteiger partial charge in [0.2, 0.25) is 9.84 Å². The summed E-state index contributed by atoms with van der Waals surface area (Å²) in [5, 5.41) is 9.25. The van der Waals surface area contributed by atoms with Crippen LogP contribution in [0.5, 0.6) is 5.75 Å². The molecule has 1 aromatic rings. The zero-order chi connectivity index (χ0) is 18.3. The topological polar surface area (TPSA) is 80.7 Å². The molecule has 1 heterocycles. The molecule has 1 unspecified atom stereocenters. The fraction of sp³-hybridized carbons (Fsp3) is 0.400. The normalized spacial score (nSPS) is 21.0. The van der Waals surface area contributed by atoms with E-state index in [1.807, 2.05) is 0 Å². The second-order valence-electron chi connectivity index (χ2n) is 5.79. The monoisotopic (exact) mass is 364 g/mol. The molecule has 0 saturated carbocycles. The van der Waals surface area contributed by atoms with Gasteiger partial charge in [0.15, 0.2) is 0 Å². The Labute approximate surface area is 136 Å². The van der Waals surface area contributed by atoms with Crippen LogP contribution < -0.4 is 4.74 Å². The van der Waals surface area contributed by atoms with Crippen molar-refractivity contribution in [2.24, 2.45) is 5.92 Å². The van der Waals surface area contributed by atoms with Crippen molar-refractivity contribution in [1.82, 2.24) is 0 Å². The highest BCUT2D eigenvalue weighted by Crippen LogP contribution is 2.49. The van der Waals surface area contributed by atoms with E-state index in [0.29, 0.717) is 6.08 Å². The third-order valence-corrected chi connectivity index (χ3v) is 5.94. The number of carbonyl (C=O) groups is 1. The zero-order valence-corrected chi connectivity index (χ0v) is 13.6. The van der Waals surface area contributed by atoms with Crippen molar-refractivity contribution >= 4 is 21.9 Å². The van der Waals surface area contributed by atoms with Gasteiger partial charge in [0, 0.05) is 5.56 Å². The Morgan fingerprint density at radius 1 is 1.29 bits per heavy atom. The van der Waals surface area contributed by atoms with Crippen molar-refractivity contribution in [3.63, 3.8) is 0 Å². The first-order valence-electron chi connectivity index (χ1n) is 6.95. The van der Waals surface area contributed by atoms with Crippen LogP contribution in [0.4, 0.5) is 13.2 Å². The fourth-order valence-electron chi connectivity index (χ4n) is 2.53. The van der Waals surface area contributed by atoms with Gasteiger partial charge in [0.1, 0.15) is 11.3 Å². The van der Waals surface area contributed by atoms with E-state index in [-0.39, 0.29) is 11.3 Å². The minimum Gasteiger partial charge on any atom is -0.478 e. The highest BCUT2D eigenvalue weighted by atomic mass is 32.2. The van der Waals surface area contributed by atoms with E-state index in [9.17, 15) is 31.5 Å². The number of fused-ring (bicyclic) bond motifs is 1. The Kier molecular flexibility index (Phi) is 4.43. The average Bonchev–Trinajstić information content (AvgIpc) is 2.42. The molecule has 0 aromatic heterocycles. The Morgan fingerprint density at radius 3 is 2.38 bits per heavy atom. The van der Waals surface area contributed by atoms with Gasteiger partial charge in [-0.15, -0.1) is 0 Å². The van der Waals surface area contributed by atoms with Crippen LogP contribution in [-0.2, 0) is 14.6 Å². The molecule has 1 atom stereocenters. The molecule has 0 radical (unpaired) electrons. The van der Waals surface area contributed by atoms with E-state index in [1.165, 1.54) is 32.0 Å². The molecular formula is C15H15F3O5S. The zero-order valence-electron chi connectivity index (χ0n) is 12.8. The molecule has 0 bridgehead atoms. The van der Waals surface area contributed by atoms with Crippen LogP contribution >= 0.6 is 0 Å². The molecule has 24 heavy (non-hydrogen) atoms. The lowest BCUT2D eigenvalue weighted by Crippen LogP contribution is -2.61. The SMILES string of the molecule is CC(C)CS(=O)(=O)C1(C(F)(F)F)Oc2ccccc2C=C1C(=O)O. The number of hydrogen-bond donors (Lipinski definition) is 1. The number of hydrogen-bond acceptors (Lipinski definition) is 4. The second-order valence-corrected chi connectivity index (χ2v) is 7.93. The number of aliphatic carboxylic acids is 1. The number of carboxylic acids is 1. The molecular weight excluding hydrogens is 349 g/mol. The lowest BCUT2D eigenvalue weighted by molar-refractivity contribution is -0.203. The molecule has 1 N–H and O–H groups in total. The molecule has 2 rings (SSSR count). The van der Waals surface area contributed by atoms with E-state index in [0.717, 1.165) is 6.07 Å². The maximum Gasteiger partial charge on any atom is 0.448 e. The highest BCUT2D eigenvalue weighted by Gasteiger charge is 2.71. The summed E-state index contributed by atoms with van der Waals surface area (Å²) in [6, 6.07) is 5.35. The van der Waals surface area contributed by atoms with Crippen LogP contribution in [0.3, 0.4) is 0 Å². The predicted molar refractivity (Wildman–Crippen MR) is 80.1 cm³/mol. The van der Waals surface area contributed by atoms with Crippen LogP contribution in [0.1, 0.15) is 19.4 Å². The van der Waals surface area contributed by atoms with Gasteiger partial charge in [-0.2, -0.15) is 13.2 Å². The maximum absolute atomic E-state index is 13.8. The third kappa shape index (κ3) is 2.77. The molecule has 5 nitrogen and oxygen atoms in total. The van der Waals surface area contributed by atoms with Gasteiger partial charge in [0.25, 0.3) is 0 Å². The summed E-state index contributed by atoms with van der Waals surface area (Å²) in [7, 11) is -5.04. The summed E-state index contributed by atoms with van der Waals surface area (Å²) in [5.74, 6) is -3.87. The number of alkyl halides is 3. The lowest BCUT2D eigenvalue weighted by atomic mass is 10.0. The predicted octanol–water partition coefficient (Wildman–Crippen LogP) is 2.88. The number of para-hydroxylation sites is 1. The summed E-state index contributed by atoms with van der Waals surface area (Å²) in [6.45, 7) is 2.84. The molecule has 132 valence electrons. The molecule has 0 spiro atoms. The van der Waals surface area contributed by atoms with Gasteiger partial charge in [-0.05, 0) is 18.1 Å². The van der Waals surface area contributed by atoms with Gasteiger partial charge in [-0.25, -0.2) is 13.2 Å². The van der Waals surface area contributed by atoms with E-state index in [1.54, 1.807) is 0 Å². The van der Waals surface area contributed by atoms with E-state index >= 15 is 0 Å². The van der Waals surface area contributed by atoms with Crippen molar-refractivity contribution in [2.75, 3.05) is 5.75 Å². The molecule has 0 fully saturated rings. The van der Waals surface area contributed by atoms with E-state index in [4.69, 9.17) is 4.74 Å². The van der Waals surface area contributed by atoms with Crippen molar-refractivity contribution in [1.29, 1.82) is 0 Å². The van der Waals surface area contributed by atoms with Gasteiger partial charge >= 0.3 is 17.1 Å². The maximum atomic E-state index is 13.8. The molecule has 1 aromatic carbocycles. The molecule has 1 aliphatic rings. The van der Waals surface area contributed by atoms with Crippen molar-refractivity contribution < 1.29 is 36.2 Å². The van der Waals surface area contributed by atoms with Gasteiger partial charge < -0.3 is 9.84 Å². The van der Waals surface area contributed by atoms with Crippen LogP contribution in [0.25, 0.3) is 6.08 Å². The first-order valence-corrected chi connectivity index (χ1v) is 8.60. The number of halogens is 3. The van der Waals surface area contributed by atoms with E-state index in [2.05, 4.69) is 0 Å². The van der Waals surface area contributed by atoms with E-state index < -0.39 is 44.2 Å². The number of carboxylic acid groups (broad SMARTS) is 1. The number of benzene rings is 1. The molecule has 1 aliphatic heterocycles. The first kappa shape index (κ1) is 18.3. The summed E-state index contributed by atoms with van der Waals surface area (Å²) < 4.78 is 71.5. The summed E-state index contributed by atoms with van der Waals surface area (Å²) >= 11 is 0. The summed E-state index contributed by atoms with van der Waals surface area (Å²) in [4.78, 5) is 7.51. The minimum atomic E-state index is -5.47. The molecule has 0 saturated heterocycles. The van der Waals surface area contributed by atoms with Crippen molar-refractivity contribution in [3.8, 4) is 5.75 Å². The minimum absolute atomic E-state index is 0.0644. The van der Waals surface area contributed by atoms with Crippen LogP contribution in [-0.4, -0.2) is 36.4 Å². The van der Waals surface area contributed by atoms with Crippen molar-refractivity contribution in [3.05, 3.63) is 35.4 Å². The standard InChI is InChI=1S/C15H15F3O5S/c1-9(2)8-24(21,22)14(15(16,17)18)11(13(19)20)7-10-5-3-4-6-12(10)23-14/h3-7,9H,8H2,1-2H3,(H,19,20). The number of ether oxygens (including phenoxy) is 1. The van der Waals surface area contributed by atoms with Crippen LogP contribution in [0.15, 0.2) is 29.8 Å². The highest BCUT2D eigenvalue weighted by molar-refractivity contribution is 7.93. The molecule has 0 amide bonds. The molecule has 9 heteroatoms. The van der Waals surface area contributed by atoms with Crippen LogP contribution in [0, 0.1) is 5.92 Å². The lowest BCUT2D eigenvalue weighted by Gasteiger charge is -2.38. The molecule has 0 aliphatic carbocycles. The summed E-state index contributed by atoms with van der Waals surface area (Å²) in [6.07, 6.45) is -4.77. The smallest absolute Gasteiger partial charge is 0.448 e. The summed E-state index contributed by atoms with van der Waals surface area (Å²) in [5.41, 5.74) is -1.30. The van der Waals surface area contributed by atoms with Gasteiger partial charge in [0.05, 0.1) is 5.75 Å². The fourth-order valence-corrected chi connectivity index (χ4v) is 4.69. The van der Waals surface area contributed by atoms with Gasteiger partial charge in [-0.3, -0.25) is 0 Å². The quantitative estimate of drug-likeness (QED) is 0.889. The Balaban J connectivity index is 2.83. The Bertz CT molecular complexity index is 796. The largest absolute Gasteiger partial charge is 0.478 e. The average molecular weight is 364 g/mol. The Morgan fingerprint density at radius 2 is 1.88 bits per heavy atom. The van der Waals surface area contributed by atoms with Gasteiger partial charge in [-0.1, -0.05) is 32.0 Å². The number of rotatable bonds is 4. The third-order valence-electron chi connectivity index (χ3n) is 3.42. The van der Waals surface area contributed by atoms with Crippen LogP contribution in [0.2, 0.25) is 0 Å². The number of sulfone groups is 1. The first-order chi connectivity index (χ1) is 10.9. The van der Waals surface area contributed by atoms with Crippen molar-refractivity contribution in [2.45, 2.75) is 25.0 Å².